The van der Waals surface area contributed by atoms with Gasteiger partial charge in [-0.25, -0.2) is 0 Å². The van der Waals surface area contributed by atoms with E-state index in [1.54, 1.807) is 36.1 Å². The highest BCUT2D eigenvalue weighted by molar-refractivity contribution is 9.10. The molecule has 142 valence electrons. The van der Waals surface area contributed by atoms with Gasteiger partial charge in [0.1, 0.15) is 5.75 Å². The highest BCUT2D eigenvalue weighted by Crippen LogP contribution is 2.36. The molecule has 27 heavy (non-hydrogen) atoms. The third-order valence-electron chi connectivity index (χ3n) is 4.50. The van der Waals surface area contributed by atoms with Gasteiger partial charge in [0.05, 0.1) is 5.69 Å². The number of fused-ring (bicyclic) bond motifs is 1. The van der Waals surface area contributed by atoms with Crippen molar-refractivity contribution in [1.29, 1.82) is 0 Å². The molecule has 0 fully saturated rings. The van der Waals surface area contributed by atoms with Crippen LogP contribution < -0.4 is 15.0 Å². The number of halogens is 1. The first-order valence-electron chi connectivity index (χ1n) is 9.18. The first-order chi connectivity index (χ1) is 13.0. The molecule has 0 spiro atoms. The highest BCUT2D eigenvalue weighted by Gasteiger charge is 2.31. The van der Waals surface area contributed by atoms with Gasteiger partial charge >= 0.3 is 0 Å². The van der Waals surface area contributed by atoms with E-state index in [4.69, 9.17) is 4.74 Å². The number of nitrogens with one attached hydrogen (secondary N) is 1. The second-order valence-corrected chi connectivity index (χ2v) is 7.52. The third kappa shape index (κ3) is 4.50. The number of benzene rings is 2. The lowest BCUT2D eigenvalue weighted by molar-refractivity contribution is -0.125. The maximum atomic E-state index is 12.6. The summed E-state index contributed by atoms with van der Waals surface area (Å²) in [6.07, 6.45) is 2.58. The Hall–Kier alpha value is -2.34. The summed E-state index contributed by atoms with van der Waals surface area (Å²) in [4.78, 5) is 26.9. The predicted molar refractivity (Wildman–Crippen MR) is 111 cm³/mol. The Morgan fingerprint density at radius 1 is 1.22 bits per heavy atom. The van der Waals surface area contributed by atoms with Gasteiger partial charge in [-0.2, -0.15) is 0 Å². The number of amides is 2. The molecular formula is C21H23BrN2O3. The minimum Gasteiger partial charge on any atom is -0.479 e. The quantitative estimate of drug-likeness (QED) is 0.655. The van der Waals surface area contributed by atoms with Crippen LogP contribution in [0.5, 0.6) is 5.75 Å². The molecule has 0 saturated heterocycles. The summed E-state index contributed by atoms with van der Waals surface area (Å²) in [6, 6.07) is 12.6. The second kappa shape index (κ2) is 8.57. The van der Waals surface area contributed by atoms with Crippen LogP contribution in [-0.2, 0) is 4.79 Å². The zero-order chi connectivity index (χ0) is 19.4. The van der Waals surface area contributed by atoms with Crippen molar-refractivity contribution in [2.75, 3.05) is 16.8 Å². The van der Waals surface area contributed by atoms with Crippen LogP contribution in [0.15, 0.2) is 46.9 Å². The van der Waals surface area contributed by atoms with Crippen LogP contribution in [0.1, 0.15) is 43.5 Å². The molecule has 1 unspecified atom stereocenters. The average Bonchev–Trinajstić information content (AvgIpc) is 2.65. The van der Waals surface area contributed by atoms with E-state index in [9.17, 15) is 9.59 Å². The van der Waals surface area contributed by atoms with Gasteiger partial charge in [0.2, 0.25) is 0 Å². The summed E-state index contributed by atoms with van der Waals surface area (Å²) in [6.45, 7) is 4.55. The molecule has 3 rings (SSSR count). The van der Waals surface area contributed by atoms with Gasteiger partial charge in [-0.05, 0) is 49.7 Å². The molecule has 1 aliphatic heterocycles. The van der Waals surface area contributed by atoms with Crippen molar-refractivity contribution < 1.29 is 14.3 Å². The van der Waals surface area contributed by atoms with Crippen molar-refractivity contribution in [2.24, 2.45) is 0 Å². The van der Waals surface area contributed by atoms with Crippen molar-refractivity contribution in [1.82, 2.24) is 0 Å². The molecule has 1 atom stereocenters. The monoisotopic (exact) mass is 430 g/mol. The fraction of sp³-hybridized carbons (Fsp3) is 0.333. The molecule has 6 heteroatoms. The second-order valence-electron chi connectivity index (χ2n) is 6.60. The molecule has 1 N–H and O–H groups in total. The van der Waals surface area contributed by atoms with E-state index in [2.05, 4.69) is 28.2 Å². The Labute approximate surface area is 167 Å². The van der Waals surface area contributed by atoms with Crippen molar-refractivity contribution in [3.05, 3.63) is 52.5 Å². The number of rotatable bonds is 6. The molecule has 2 amide bonds. The molecule has 1 aliphatic rings. The lowest BCUT2D eigenvalue weighted by atomic mass is 10.1. The van der Waals surface area contributed by atoms with E-state index < -0.39 is 6.10 Å². The van der Waals surface area contributed by atoms with E-state index in [0.29, 0.717) is 29.2 Å². The number of carbonyl (C=O) groups excluding carboxylic acids is 2. The largest absolute Gasteiger partial charge is 0.479 e. The summed E-state index contributed by atoms with van der Waals surface area (Å²) < 4.78 is 6.57. The van der Waals surface area contributed by atoms with Crippen LogP contribution in [0.4, 0.5) is 11.4 Å². The molecule has 0 saturated carbocycles. The third-order valence-corrected chi connectivity index (χ3v) is 4.99. The maximum absolute atomic E-state index is 12.6. The number of carbonyl (C=O) groups is 2. The van der Waals surface area contributed by atoms with E-state index in [1.807, 2.05) is 18.2 Å². The zero-order valence-corrected chi connectivity index (χ0v) is 17.1. The Kier molecular flexibility index (Phi) is 6.16. The Morgan fingerprint density at radius 2 is 2.04 bits per heavy atom. The van der Waals surface area contributed by atoms with Crippen molar-refractivity contribution in [2.45, 2.75) is 39.2 Å². The zero-order valence-electron chi connectivity index (χ0n) is 15.5. The summed E-state index contributed by atoms with van der Waals surface area (Å²) in [5.74, 6) is 0.415. The van der Waals surface area contributed by atoms with Crippen molar-refractivity contribution in [3.8, 4) is 5.75 Å². The Morgan fingerprint density at radius 3 is 2.78 bits per heavy atom. The number of anilines is 2. The highest BCUT2D eigenvalue weighted by atomic mass is 79.9. The van der Waals surface area contributed by atoms with Gasteiger partial charge in [0, 0.05) is 22.3 Å². The number of unbranched alkanes of at least 4 members (excludes halogenated alkanes) is 2. The molecule has 0 aliphatic carbocycles. The van der Waals surface area contributed by atoms with Gasteiger partial charge in [0.15, 0.2) is 6.10 Å². The molecule has 0 bridgehead atoms. The van der Waals surface area contributed by atoms with Gasteiger partial charge < -0.3 is 15.0 Å². The number of nitrogens with zero attached hydrogens (tertiary/aromatic N) is 1. The Balaban J connectivity index is 1.83. The standard InChI is InChI=1S/C21H23BrN2O3/c1-3-4-5-11-24-18-13-17(9-10-19(18)27-14(2)21(24)26)23-20(25)15-7-6-8-16(22)12-15/h6-10,12-14H,3-5,11H2,1-2H3,(H,23,25). The predicted octanol–water partition coefficient (Wildman–Crippen LogP) is 5.01. The molecule has 5 nitrogen and oxygen atoms in total. The molecule has 0 aromatic heterocycles. The molecule has 0 radical (unpaired) electrons. The number of hydrogen-bond acceptors (Lipinski definition) is 3. The van der Waals surface area contributed by atoms with Gasteiger partial charge in [0.25, 0.3) is 11.8 Å². The average molecular weight is 431 g/mol. The SMILES string of the molecule is CCCCCN1C(=O)C(C)Oc2ccc(NC(=O)c3cccc(Br)c3)cc21. The van der Waals surface area contributed by atoms with Crippen molar-refractivity contribution >= 4 is 39.1 Å². The van der Waals surface area contributed by atoms with Crippen LogP contribution >= 0.6 is 15.9 Å². The van der Waals surface area contributed by atoms with E-state index in [-0.39, 0.29) is 11.8 Å². The first kappa shape index (κ1) is 19.4. The fourth-order valence-electron chi connectivity index (χ4n) is 3.07. The number of ether oxygens (including phenoxy) is 1. The van der Waals surface area contributed by atoms with E-state index >= 15 is 0 Å². The molecule has 2 aromatic carbocycles. The lowest BCUT2D eigenvalue weighted by Crippen LogP contribution is -2.44. The van der Waals surface area contributed by atoms with Crippen molar-refractivity contribution in [3.63, 3.8) is 0 Å². The normalized spacial score (nSPS) is 15.9. The first-order valence-corrected chi connectivity index (χ1v) is 9.98. The summed E-state index contributed by atoms with van der Waals surface area (Å²) in [7, 11) is 0. The van der Waals surface area contributed by atoms with Crippen LogP contribution in [0, 0.1) is 0 Å². The van der Waals surface area contributed by atoms with Gasteiger partial charge in [-0.3, -0.25) is 9.59 Å². The summed E-state index contributed by atoms with van der Waals surface area (Å²) >= 11 is 3.37. The van der Waals surface area contributed by atoms with Gasteiger partial charge in [-0.15, -0.1) is 0 Å². The maximum Gasteiger partial charge on any atom is 0.267 e. The molecule has 2 aromatic rings. The minimum absolute atomic E-state index is 0.0472. The van der Waals surface area contributed by atoms with E-state index in [1.165, 1.54) is 0 Å². The fourth-order valence-corrected chi connectivity index (χ4v) is 3.47. The van der Waals surface area contributed by atoms with E-state index in [0.717, 1.165) is 23.7 Å². The van der Waals surface area contributed by atoms with Crippen LogP contribution in [-0.4, -0.2) is 24.5 Å². The summed E-state index contributed by atoms with van der Waals surface area (Å²) in [5, 5.41) is 2.90. The molecule has 1 heterocycles. The smallest absolute Gasteiger partial charge is 0.267 e. The number of hydrogen-bond donors (Lipinski definition) is 1. The summed E-state index contributed by atoms with van der Waals surface area (Å²) in [5.41, 5.74) is 1.90. The van der Waals surface area contributed by atoms with Crippen LogP contribution in [0.25, 0.3) is 0 Å². The topological polar surface area (TPSA) is 58.6 Å². The van der Waals surface area contributed by atoms with Crippen LogP contribution in [0.3, 0.4) is 0 Å². The lowest BCUT2D eigenvalue weighted by Gasteiger charge is -2.33. The van der Waals surface area contributed by atoms with Gasteiger partial charge in [-0.1, -0.05) is 41.8 Å². The molecular weight excluding hydrogens is 408 g/mol. The Bertz CT molecular complexity index is 853. The minimum atomic E-state index is -0.499. The van der Waals surface area contributed by atoms with Crippen LogP contribution in [0.2, 0.25) is 0 Å².